The third-order valence-corrected chi connectivity index (χ3v) is 6.27. The highest BCUT2D eigenvalue weighted by atomic mass is 32.2. The summed E-state index contributed by atoms with van der Waals surface area (Å²) < 4.78 is 2.49. The average molecular weight is 394 g/mol. The van der Waals surface area contributed by atoms with Crippen molar-refractivity contribution in [1.29, 1.82) is 0 Å². The lowest BCUT2D eigenvalue weighted by molar-refractivity contribution is 0.0947. The third-order valence-electron chi connectivity index (χ3n) is 5.18. The summed E-state index contributed by atoms with van der Waals surface area (Å²) >= 11 is 1.85. The molecule has 0 spiro atoms. The Labute approximate surface area is 170 Å². The quantitative estimate of drug-likeness (QED) is 0.573. The largest absolute Gasteiger partial charge is 0.351 e. The first-order valence-corrected chi connectivity index (χ1v) is 10.9. The van der Waals surface area contributed by atoms with Crippen LogP contribution in [0.1, 0.15) is 48.2 Å². The molecule has 1 aromatic heterocycles. The fraction of sp³-hybridized carbons (Fsp3) is 0.348. The Morgan fingerprint density at radius 1 is 0.964 bits per heavy atom. The molecule has 1 amide bonds. The molecule has 1 aliphatic rings. The van der Waals surface area contributed by atoms with Crippen LogP contribution in [-0.4, -0.2) is 28.3 Å². The van der Waals surface area contributed by atoms with Crippen molar-refractivity contribution in [3.05, 3.63) is 65.9 Å². The summed E-state index contributed by atoms with van der Waals surface area (Å²) in [5.74, 6) is -0.0713. The molecular formula is C23H27N3OS. The van der Waals surface area contributed by atoms with Gasteiger partial charge in [0.1, 0.15) is 5.69 Å². The topological polar surface area (TPSA) is 48.1 Å². The van der Waals surface area contributed by atoms with Gasteiger partial charge in [-0.05, 0) is 54.6 Å². The van der Waals surface area contributed by atoms with Crippen LogP contribution in [0.5, 0.6) is 0 Å². The molecule has 0 atom stereocenters. The highest BCUT2D eigenvalue weighted by Crippen LogP contribution is 2.28. The summed E-state index contributed by atoms with van der Waals surface area (Å²) in [6.45, 7) is 2.84. The highest BCUT2D eigenvalue weighted by molar-refractivity contribution is 7.97. The minimum Gasteiger partial charge on any atom is -0.351 e. The number of nitrogens with one attached hydrogen (secondary N) is 2. The van der Waals surface area contributed by atoms with Crippen LogP contribution < -0.4 is 5.32 Å². The van der Waals surface area contributed by atoms with E-state index in [1.165, 1.54) is 37.0 Å². The van der Waals surface area contributed by atoms with E-state index in [1.807, 2.05) is 48.3 Å². The number of carbonyl (C=O) groups excluding carboxylic acids is 1. The van der Waals surface area contributed by atoms with E-state index in [0.29, 0.717) is 12.2 Å². The van der Waals surface area contributed by atoms with E-state index < -0.39 is 0 Å². The van der Waals surface area contributed by atoms with Crippen molar-refractivity contribution < 1.29 is 4.79 Å². The standard InChI is InChI=1S/C23H27N3OS/c27-23(24-17-18-9-5-4-6-10-18)22-16-19-15-20(11-12-21(19)25-22)28-26-13-7-2-1-3-8-14-26/h4-6,9-12,15-16,25H,1-3,7-8,13-14,17H2,(H,24,27). The number of aromatic nitrogens is 1. The molecule has 1 fully saturated rings. The smallest absolute Gasteiger partial charge is 0.267 e. The molecule has 2 N–H and O–H groups in total. The number of rotatable bonds is 5. The predicted octanol–water partition coefficient (Wildman–Crippen LogP) is 5.37. The van der Waals surface area contributed by atoms with Crippen LogP contribution in [0.15, 0.2) is 59.5 Å². The number of hydrogen-bond acceptors (Lipinski definition) is 3. The molecule has 146 valence electrons. The number of hydrogen-bond donors (Lipinski definition) is 2. The second-order valence-corrected chi connectivity index (χ2v) is 8.56. The van der Waals surface area contributed by atoms with Crippen LogP contribution in [0, 0.1) is 0 Å². The van der Waals surface area contributed by atoms with Crippen molar-refractivity contribution in [2.75, 3.05) is 13.1 Å². The number of H-pyrrole nitrogens is 1. The molecule has 0 aliphatic carbocycles. The summed E-state index contributed by atoms with van der Waals surface area (Å²) in [4.78, 5) is 17.0. The number of nitrogens with zero attached hydrogens (tertiary/aromatic N) is 1. The highest BCUT2D eigenvalue weighted by Gasteiger charge is 2.12. The predicted molar refractivity (Wildman–Crippen MR) is 116 cm³/mol. The van der Waals surface area contributed by atoms with E-state index in [2.05, 4.69) is 32.8 Å². The SMILES string of the molecule is O=C(NCc1ccccc1)c1cc2cc(SN3CCCCCCC3)ccc2[nH]1. The van der Waals surface area contributed by atoms with E-state index in [0.717, 1.165) is 29.6 Å². The minimum atomic E-state index is -0.0713. The Bertz CT molecular complexity index is 914. The van der Waals surface area contributed by atoms with Crippen LogP contribution >= 0.6 is 11.9 Å². The average Bonchev–Trinajstić information content (AvgIpc) is 3.12. The van der Waals surface area contributed by atoms with Gasteiger partial charge in [-0.15, -0.1) is 0 Å². The van der Waals surface area contributed by atoms with E-state index in [1.54, 1.807) is 0 Å². The van der Waals surface area contributed by atoms with E-state index in [4.69, 9.17) is 0 Å². The van der Waals surface area contributed by atoms with Gasteiger partial charge in [0.05, 0.1) is 0 Å². The second kappa shape index (κ2) is 9.30. The van der Waals surface area contributed by atoms with Gasteiger partial charge in [-0.25, -0.2) is 4.31 Å². The third kappa shape index (κ3) is 4.97. The maximum atomic E-state index is 12.5. The molecule has 1 saturated heterocycles. The van der Waals surface area contributed by atoms with Gasteiger partial charge in [0, 0.05) is 35.4 Å². The van der Waals surface area contributed by atoms with E-state index >= 15 is 0 Å². The molecule has 5 heteroatoms. The molecule has 0 saturated carbocycles. The van der Waals surface area contributed by atoms with Gasteiger partial charge in [-0.3, -0.25) is 4.79 Å². The van der Waals surface area contributed by atoms with Crippen LogP contribution in [0.2, 0.25) is 0 Å². The summed E-state index contributed by atoms with van der Waals surface area (Å²) in [7, 11) is 0. The fourth-order valence-electron chi connectivity index (χ4n) is 3.62. The molecule has 2 heterocycles. The number of amides is 1. The number of carbonyl (C=O) groups is 1. The Morgan fingerprint density at radius 2 is 1.71 bits per heavy atom. The molecule has 0 unspecified atom stereocenters. The van der Waals surface area contributed by atoms with E-state index in [9.17, 15) is 4.79 Å². The Morgan fingerprint density at radius 3 is 2.50 bits per heavy atom. The molecule has 1 aliphatic heterocycles. The zero-order valence-electron chi connectivity index (χ0n) is 16.1. The second-order valence-electron chi connectivity index (χ2n) is 7.39. The van der Waals surface area contributed by atoms with Crippen molar-refractivity contribution in [2.45, 2.75) is 43.5 Å². The molecule has 28 heavy (non-hydrogen) atoms. The summed E-state index contributed by atoms with van der Waals surface area (Å²) in [6, 6.07) is 18.3. The van der Waals surface area contributed by atoms with Gasteiger partial charge in [0.25, 0.3) is 5.91 Å². The zero-order chi connectivity index (χ0) is 19.2. The molecule has 0 bridgehead atoms. The van der Waals surface area contributed by atoms with Crippen molar-refractivity contribution in [3.8, 4) is 0 Å². The maximum Gasteiger partial charge on any atom is 0.267 e. The number of aromatic amines is 1. The molecule has 0 radical (unpaired) electrons. The molecular weight excluding hydrogens is 366 g/mol. The first-order valence-electron chi connectivity index (χ1n) is 10.2. The lowest BCUT2D eigenvalue weighted by Crippen LogP contribution is -2.22. The van der Waals surface area contributed by atoms with Crippen LogP contribution in [0.25, 0.3) is 10.9 Å². The Balaban J connectivity index is 1.41. The van der Waals surface area contributed by atoms with Crippen LogP contribution in [0.4, 0.5) is 0 Å². The normalized spacial score (nSPS) is 15.9. The van der Waals surface area contributed by atoms with Crippen LogP contribution in [-0.2, 0) is 6.54 Å². The molecule has 4 rings (SSSR count). The van der Waals surface area contributed by atoms with Gasteiger partial charge >= 0.3 is 0 Å². The van der Waals surface area contributed by atoms with Gasteiger partial charge in [0.15, 0.2) is 0 Å². The number of benzene rings is 2. The maximum absolute atomic E-state index is 12.5. The minimum absolute atomic E-state index is 0.0713. The van der Waals surface area contributed by atoms with Crippen molar-refractivity contribution >= 4 is 28.8 Å². The molecule has 2 aromatic carbocycles. The van der Waals surface area contributed by atoms with Gasteiger partial charge in [-0.2, -0.15) is 0 Å². The van der Waals surface area contributed by atoms with Gasteiger partial charge in [-0.1, -0.05) is 49.6 Å². The summed E-state index contributed by atoms with van der Waals surface area (Å²) in [5, 5.41) is 4.07. The summed E-state index contributed by atoms with van der Waals surface area (Å²) in [6.07, 6.45) is 6.63. The monoisotopic (exact) mass is 393 g/mol. The lowest BCUT2D eigenvalue weighted by atomic mass is 10.1. The Kier molecular flexibility index (Phi) is 6.34. The van der Waals surface area contributed by atoms with Crippen LogP contribution in [0.3, 0.4) is 0 Å². The van der Waals surface area contributed by atoms with Crippen molar-refractivity contribution in [2.24, 2.45) is 0 Å². The fourth-order valence-corrected chi connectivity index (χ4v) is 4.67. The summed E-state index contributed by atoms with van der Waals surface area (Å²) in [5.41, 5.74) is 2.71. The van der Waals surface area contributed by atoms with E-state index in [-0.39, 0.29) is 5.91 Å². The lowest BCUT2D eigenvalue weighted by Gasteiger charge is -2.23. The van der Waals surface area contributed by atoms with Crippen molar-refractivity contribution in [3.63, 3.8) is 0 Å². The first-order chi connectivity index (χ1) is 13.8. The molecule has 4 nitrogen and oxygen atoms in total. The number of fused-ring (bicyclic) bond motifs is 1. The van der Waals surface area contributed by atoms with Gasteiger partial charge in [0.2, 0.25) is 0 Å². The first kappa shape index (κ1) is 19.1. The van der Waals surface area contributed by atoms with Crippen molar-refractivity contribution in [1.82, 2.24) is 14.6 Å². The molecule has 3 aromatic rings. The zero-order valence-corrected chi connectivity index (χ0v) is 16.9. The Hall–Kier alpha value is -2.24. The van der Waals surface area contributed by atoms with Gasteiger partial charge < -0.3 is 10.3 Å².